The summed E-state index contributed by atoms with van der Waals surface area (Å²) in [5.74, 6) is -0.0774. The number of nitrogens with zero attached hydrogens (tertiary/aromatic N) is 3. The van der Waals surface area contributed by atoms with Gasteiger partial charge in [-0.3, -0.25) is 14.3 Å². The molecular weight excluding hydrogens is 307 g/mol. The second-order valence-corrected chi connectivity index (χ2v) is 4.46. The van der Waals surface area contributed by atoms with Gasteiger partial charge in [0.25, 0.3) is 5.56 Å². The molecule has 3 atom stereocenters. The number of alkyl halides is 3. The molecule has 4 N–H and O–H groups in total. The van der Waals surface area contributed by atoms with Crippen LogP contribution in [0.5, 0.6) is 0 Å². The molecule has 0 saturated carbocycles. The first-order chi connectivity index (χ1) is 10.5. The quantitative estimate of drug-likeness (QED) is 0.727. The maximum atomic E-state index is 13.9. The van der Waals surface area contributed by atoms with Crippen molar-refractivity contribution in [2.24, 2.45) is 0 Å². The number of ether oxygens (including phenoxy) is 1. The Bertz CT molecular complexity index is 691. The third kappa shape index (κ3) is 3.04. The third-order valence-corrected chi connectivity index (χ3v) is 3.06. The SMILES string of the molecule is FCF.Nc1nc2c(ncn2C2OC(CO)CC2F)c(=O)[nH]1. The molecule has 3 unspecified atom stereocenters. The van der Waals surface area contributed by atoms with E-state index in [2.05, 4.69) is 15.0 Å². The smallest absolute Gasteiger partial charge is 0.280 e. The molecule has 11 heteroatoms. The number of H-pyrrole nitrogens is 1. The van der Waals surface area contributed by atoms with Crippen LogP contribution in [0, 0.1) is 0 Å². The van der Waals surface area contributed by atoms with Crippen molar-refractivity contribution in [3.63, 3.8) is 0 Å². The standard InChI is InChI=1S/C10H12FN5O3.CH2F2/c11-5-1-4(2-17)19-9(5)16-3-13-6-7(16)14-10(12)15-8(6)18;2-1-3/h3-5,9,17H,1-2H2,(H3,12,14,15,18);1H2. The number of hydrogen-bond donors (Lipinski definition) is 3. The van der Waals surface area contributed by atoms with Gasteiger partial charge in [-0.1, -0.05) is 0 Å². The van der Waals surface area contributed by atoms with E-state index in [9.17, 15) is 18.0 Å². The molecule has 1 fully saturated rings. The highest BCUT2D eigenvalue weighted by atomic mass is 19.3. The van der Waals surface area contributed by atoms with Crippen molar-refractivity contribution in [3.8, 4) is 0 Å². The number of halogens is 3. The highest BCUT2D eigenvalue weighted by molar-refractivity contribution is 5.70. The molecule has 3 heterocycles. The zero-order valence-electron chi connectivity index (χ0n) is 11.2. The van der Waals surface area contributed by atoms with Crippen molar-refractivity contribution >= 4 is 17.1 Å². The zero-order valence-corrected chi connectivity index (χ0v) is 11.2. The largest absolute Gasteiger partial charge is 0.394 e. The Morgan fingerprint density at radius 1 is 1.55 bits per heavy atom. The molecule has 122 valence electrons. The number of rotatable bonds is 2. The minimum absolute atomic E-state index is 0.0671. The van der Waals surface area contributed by atoms with Gasteiger partial charge in [0, 0.05) is 6.42 Å². The number of hydrogen-bond acceptors (Lipinski definition) is 6. The molecule has 0 amide bonds. The normalized spacial score (nSPS) is 24.3. The van der Waals surface area contributed by atoms with Crippen molar-refractivity contribution in [1.29, 1.82) is 0 Å². The van der Waals surface area contributed by atoms with Crippen LogP contribution in [0.15, 0.2) is 11.1 Å². The van der Waals surface area contributed by atoms with E-state index in [4.69, 9.17) is 15.6 Å². The molecule has 2 aromatic rings. The Kier molecular flexibility index (Phi) is 4.98. The van der Waals surface area contributed by atoms with Crippen LogP contribution < -0.4 is 11.3 Å². The van der Waals surface area contributed by atoms with Gasteiger partial charge in [0.1, 0.15) is 6.17 Å². The number of anilines is 1. The van der Waals surface area contributed by atoms with E-state index in [0.29, 0.717) is 0 Å². The molecule has 1 aliphatic heterocycles. The summed E-state index contributed by atoms with van der Waals surface area (Å²) in [5.41, 5.74) is 5.19. The first-order valence-electron chi connectivity index (χ1n) is 6.26. The zero-order chi connectivity index (χ0) is 16.3. The maximum Gasteiger partial charge on any atom is 0.280 e. The number of fused-ring (bicyclic) bond motifs is 1. The Morgan fingerprint density at radius 2 is 2.23 bits per heavy atom. The summed E-state index contributed by atoms with van der Waals surface area (Å²) >= 11 is 0. The monoisotopic (exact) mass is 321 g/mol. The lowest BCUT2D eigenvalue weighted by Gasteiger charge is -2.15. The van der Waals surface area contributed by atoms with Gasteiger partial charge < -0.3 is 15.6 Å². The first kappa shape index (κ1) is 16.2. The first-order valence-corrected chi connectivity index (χ1v) is 6.26. The summed E-state index contributed by atoms with van der Waals surface area (Å²) < 4.78 is 39.8. The fraction of sp³-hybridized carbons (Fsp3) is 0.545. The number of nitrogens with one attached hydrogen (secondary N) is 1. The summed E-state index contributed by atoms with van der Waals surface area (Å²) in [6.07, 6.45) is -1.48. The average molecular weight is 321 g/mol. The lowest BCUT2D eigenvalue weighted by atomic mass is 10.2. The van der Waals surface area contributed by atoms with Crippen LogP contribution in [0.1, 0.15) is 12.6 Å². The van der Waals surface area contributed by atoms with Gasteiger partial charge in [0.15, 0.2) is 17.4 Å². The van der Waals surface area contributed by atoms with Gasteiger partial charge >= 0.3 is 0 Å². The van der Waals surface area contributed by atoms with Crippen molar-refractivity contribution in [1.82, 2.24) is 19.5 Å². The molecule has 1 aliphatic rings. The van der Waals surface area contributed by atoms with Crippen LogP contribution in [0.2, 0.25) is 0 Å². The van der Waals surface area contributed by atoms with Crippen molar-refractivity contribution in [2.75, 3.05) is 19.3 Å². The van der Waals surface area contributed by atoms with Gasteiger partial charge in [-0.25, -0.2) is 18.2 Å². The van der Waals surface area contributed by atoms with E-state index in [-0.39, 0.29) is 30.1 Å². The highest BCUT2D eigenvalue weighted by Gasteiger charge is 2.37. The van der Waals surface area contributed by atoms with Crippen molar-refractivity contribution < 1.29 is 23.0 Å². The minimum Gasteiger partial charge on any atom is -0.394 e. The highest BCUT2D eigenvalue weighted by Crippen LogP contribution is 2.32. The summed E-state index contributed by atoms with van der Waals surface area (Å²) in [5, 5.41) is 8.99. The van der Waals surface area contributed by atoms with Gasteiger partial charge in [-0.15, -0.1) is 0 Å². The lowest BCUT2D eigenvalue weighted by molar-refractivity contribution is -0.0351. The van der Waals surface area contributed by atoms with Crippen molar-refractivity contribution in [2.45, 2.75) is 24.9 Å². The molecule has 1 saturated heterocycles. The molecule has 8 nitrogen and oxygen atoms in total. The van der Waals surface area contributed by atoms with Crippen LogP contribution in [-0.4, -0.2) is 50.4 Å². The molecule has 0 bridgehead atoms. The molecule has 3 rings (SSSR count). The number of aliphatic hydroxyl groups excluding tert-OH is 1. The number of imidazole rings is 1. The number of aromatic amines is 1. The van der Waals surface area contributed by atoms with Crippen LogP contribution in [0.25, 0.3) is 11.2 Å². The Labute approximate surface area is 121 Å². The van der Waals surface area contributed by atoms with Crippen molar-refractivity contribution in [3.05, 3.63) is 16.7 Å². The van der Waals surface area contributed by atoms with Crippen LogP contribution in [-0.2, 0) is 4.74 Å². The van der Waals surface area contributed by atoms with Crippen LogP contribution in [0.3, 0.4) is 0 Å². The Hall–Kier alpha value is -2.14. The Morgan fingerprint density at radius 3 is 2.82 bits per heavy atom. The third-order valence-electron chi connectivity index (χ3n) is 3.06. The summed E-state index contributed by atoms with van der Waals surface area (Å²) in [4.78, 5) is 21.7. The van der Waals surface area contributed by atoms with Crippen LogP contribution in [0.4, 0.5) is 19.1 Å². The molecule has 22 heavy (non-hydrogen) atoms. The van der Waals surface area contributed by atoms with Crippen LogP contribution >= 0.6 is 0 Å². The van der Waals surface area contributed by atoms with Gasteiger partial charge in [-0.2, -0.15) is 4.98 Å². The van der Waals surface area contributed by atoms with E-state index in [0.717, 1.165) is 0 Å². The molecule has 0 radical (unpaired) electrons. The molecular formula is C11H14F3N5O3. The predicted octanol–water partition coefficient (Wildman–Crippen LogP) is 0.203. The van der Waals surface area contributed by atoms with E-state index >= 15 is 0 Å². The molecule has 2 aromatic heterocycles. The summed E-state index contributed by atoms with van der Waals surface area (Å²) in [6.45, 7) is -2.01. The van der Waals surface area contributed by atoms with E-state index < -0.39 is 31.0 Å². The fourth-order valence-electron chi connectivity index (χ4n) is 2.19. The summed E-state index contributed by atoms with van der Waals surface area (Å²) in [7, 11) is 0. The number of nitrogens with two attached hydrogens (primary N) is 1. The topological polar surface area (TPSA) is 119 Å². The predicted molar refractivity (Wildman–Crippen MR) is 70.2 cm³/mol. The number of nitrogen functional groups attached to an aromatic ring is 1. The second kappa shape index (κ2) is 6.75. The second-order valence-electron chi connectivity index (χ2n) is 4.46. The number of aromatic nitrogens is 4. The van der Waals surface area contributed by atoms with Gasteiger partial charge in [0.05, 0.1) is 19.0 Å². The van der Waals surface area contributed by atoms with Gasteiger partial charge in [0.2, 0.25) is 12.9 Å². The molecule has 0 spiro atoms. The maximum absolute atomic E-state index is 13.9. The average Bonchev–Trinajstić information content (AvgIpc) is 3.03. The molecule has 0 aromatic carbocycles. The van der Waals surface area contributed by atoms with Gasteiger partial charge in [-0.05, 0) is 0 Å². The molecule has 0 aliphatic carbocycles. The number of aliphatic hydroxyl groups is 1. The lowest BCUT2D eigenvalue weighted by Crippen LogP contribution is -2.18. The van der Waals surface area contributed by atoms with E-state index in [1.165, 1.54) is 10.9 Å². The van der Waals surface area contributed by atoms with E-state index in [1.807, 2.05) is 0 Å². The minimum atomic E-state index is -1.75. The van der Waals surface area contributed by atoms with E-state index in [1.54, 1.807) is 0 Å². The fourth-order valence-corrected chi connectivity index (χ4v) is 2.19. The Balaban J connectivity index is 0.000000545. The summed E-state index contributed by atoms with van der Waals surface area (Å²) in [6, 6.07) is 0.